The summed E-state index contributed by atoms with van der Waals surface area (Å²) < 4.78 is 0. The maximum Gasteiger partial charge on any atom is 0.320 e. The van der Waals surface area contributed by atoms with Gasteiger partial charge in [0, 0.05) is 0 Å². The van der Waals surface area contributed by atoms with Crippen LogP contribution in [-0.2, 0) is 4.79 Å². The molecular formula is C10H17NO2. The van der Waals surface area contributed by atoms with Gasteiger partial charge in [0.25, 0.3) is 0 Å². The third-order valence-corrected chi connectivity index (χ3v) is 2.59. The van der Waals surface area contributed by atoms with E-state index in [4.69, 9.17) is 10.8 Å². The van der Waals surface area contributed by atoms with E-state index in [1.165, 1.54) is 0 Å². The molecule has 13 heavy (non-hydrogen) atoms. The van der Waals surface area contributed by atoms with Crippen molar-refractivity contribution in [3.8, 4) is 0 Å². The monoisotopic (exact) mass is 183 g/mol. The van der Waals surface area contributed by atoms with Gasteiger partial charge in [0.1, 0.15) is 6.04 Å². The van der Waals surface area contributed by atoms with Crippen LogP contribution < -0.4 is 5.73 Å². The molecule has 3 heteroatoms. The lowest BCUT2D eigenvalue weighted by molar-refractivity contribution is -0.139. The average Bonchev–Trinajstić information content (AvgIpc) is 2.02. The van der Waals surface area contributed by atoms with E-state index < -0.39 is 12.0 Å². The molecule has 2 unspecified atom stereocenters. The maximum atomic E-state index is 10.6. The van der Waals surface area contributed by atoms with Crippen LogP contribution in [0.2, 0.25) is 0 Å². The lowest BCUT2D eigenvalue weighted by atomic mass is 9.89. The fourth-order valence-electron chi connectivity index (χ4n) is 1.70. The van der Waals surface area contributed by atoms with Gasteiger partial charge in [0.2, 0.25) is 0 Å². The third kappa shape index (κ3) is 3.19. The SMILES string of the molecule is NC(C(=O)O)C1C/C=C/CCCC1. The molecule has 0 aliphatic heterocycles. The molecule has 0 aromatic heterocycles. The van der Waals surface area contributed by atoms with Gasteiger partial charge in [-0.1, -0.05) is 18.6 Å². The van der Waals surface area contributed by atoms with E-state index in [9.17, 15) is 4.79 Å². The number of rotatable bonds is 2. The summed E-state index contributed by atoms with van der Waals surface area (Å²) in [6.07, 6.45) is 9.31. The number of nitrogens with two attached hydrogens (primary N) is 1. The lowest BCUT2D eigenvalue weighted by Crippen LogP contribution is -2.37. The van der Waals surface area contributed by atoms with Gasteiger partial charge < -0.3 is 10.8 Å². The largest absolute Gasteiger partial charge is 0.480 e. The van der Waals surface area contributed by atoms with Crippen LogP contribution >= 0.6 is 0 Å². The van der Waals surface area contributed by atoms with E-state index in [0.717, 1.165) is 32.1 Å². The van der Waals surface area contributed by atoms with Crippen molar-refractivity contribution in [2.45, 2.75) is 38.1 Å². The van der Waals surface area contributed by atoms with Crippen molar-refractivity contribution in [1.29, 1.82) is 0 Å². The maximum absolute atomic E-state index is 10.6. The van der Waals surface area contributed by atoms with Crippen molar-refractivity contribution >= 4 is 5.97 Å². The van der Waals surface area contributed by atoms with Crippen LogP contribution in [-0.4, -0.2) is 17.1 Å². The van der Waals surface area contributed by atoms with Gasteiger partial charge in [0.15, 0.2) is 0 Å². The zero-order valence-corrected chi connectivity index (χ0v) is 7.78. The number of hydrogen-bond donors (Lipinski definition) is 2. The van der Waals surface area contributed by atoms with Gasteiger partial charge in [-0.2, -0.15) is 0 Å². The first-order valence-electron chi connectivity index (χ1n) is 4.85. The third-order valence-electron chi connectivity index (χ3n) is 2.59. The van der Waals surface area contributed by atoms with Gasteiger partial charge in [-0.15, -0.1) is 0 Å². The van der Waals surface area contributed by atoms with Crippen LogP contribution in [0.25, 0.3) is 0 Å². The molecule has 3 N–H and O–H groups in total. The minimum absolute atomic E-state index is 0.119. The fourth-order valence-corrected chi connectivity index (χ4v) is 1.70. The van der Waals surface area contributed by atoms with E-state index in [-0.39, 0.29) is 5.92 Å². The van der Waals surface area contributed by atoms with Crippen LogP contribution in [0.3, 0.4) is 0 Å². The highest BCUT2D eigenvalue weighted by Gasteiger charge is 2.22. The molecule has 0 amide bonds. The number of carbonyl (C=O) groups is 1. The van der Waals surface area contributed by atoms with Crippen LogP contribution in [0.4, 0.5) is 0 Å². The molecule has 0 heterocycles. The summed E-state index contributed by atoms with van der Waals surface area (Å²) in [6.45, 7) is 0. The van der Waals surface area contributed by atoms with Gasteiger partial charge in [-0.3, -0.25) is 4.79 Å². The summed E-state index contributed by atoms with van der Waals surface area (Å²) in [5.41, 5.74) is 5.58. The number of hydrogen-bond acceptors (Lipinski definition) is 2. The fraction of sp³-hybridized carbons (Fsp3) is 0.700. The number of carboxylic acids is 1. The molecule has 0 aromatic rings. The Morgan fingerprint density at radius 2 is 2.23 bits per heavy atom. The minimum atomic E-state index is -0.876. The Kier molecular flexibility index (Phi) is 3.96. The zero-order valence-electron chi connectivity index (χ0n) is 7.78. The van der Waals surface area contributed by atoms with Crippen molar-refractivity contribution in [3.05, 3.63) is 12.2 Å². The van der Waals surface area contributed by atoms with Crippen molar-refractivity contribution in [2.24, 2.45) is 11.7 Å². The molecule has 74 valence electrons. The second-order valence-electron chi connectivity index (χ2n) is 3.62. The zero-order chi connectivity index (χ0) is 9.68. The standard InChI is InChI=1S/C10H17NO2/c11-9(10(12)13)8-6-4-2-1-3-5-7-8/h2,4,8-9H,1,3,5-7,11H2,(H,12,13)/b4-2+. The van der Waals surface area contributed by atoms with Crippen molar-refractivity contribution in [3.63, 3.8) is 0 Å². The molecule has 1 rings (SSSR count). The average molecular weight is 183 g/mol. The summed E-state index contributed by atoms with van der Waals surface area (Å²) in [7, 11) is 0. The molecular weight excluding hydrogens is 166 g/mol. The molecule has 3 nitrogen and oxygen atoms in total. The first-order chi connectivity index (χ1) is 6.22. The van der Waals surface area contributed by atoms with Crippen LogP contribution in [0.15, 0.2) is 12.2 Å². The predicted molar refractivity (Wildman–Crippen MR) is 51.3 cm³/mol. The molecule has 0 fully saturated rings. The van der Waals surface area contributed by atoms with E-state index >= 15 is 0 Å². The molecule has 0 saturated heterocycles. The highest BCUT2D eigenvalue weighted by Crippen LogP contribution is 2.20. The van der Waals surface area contributed by atoms with Crippen LogP contribution in [0.5, 0.6) is 0 Å². The quantitative estimate of drug-likeness (QED) is 0.638. The second-order valence-corrected chi connectivity index (χ2v) is 3.62. The first kappa shape index (κ1) is 10.3. The molecule has 0 aromatic carbocycles. The molecule has 0 spiro atoms. The number of carboxylic acid groups (broad SMARTS) is 1. The molecule has 2 atom stereocenters. The Hall–Kier alpha value is -0.830. The summed E-state index contributed by atoms with van der Waals surface area (Å²) in [5.74, 6) is -0.756. The Bertz CT molecular complexity index is 201. The van der Waals surface area contributed by atoms with E-state index in [1.807, 2.05) is 0 Å². The van der Waals surface area contributed by atoms with E-state index in [0.29, 0.717) is 0 Å². The van der Waals surface area contributed by atoms with Crippen molar-refractivity contribution < 1.29 is 9.90 Å². The molecule has 0 radical (unpaired) electrons. The second kappa shape index (κ2) is 5.02. The van der Waals surface area contributed by atoms with Crippen LogP contribution in [0, 0.1) is 5.92 Å². The van der Waals surface area contributed by atoms with Gasteiger partial charge in [-0.25, -0.2) is 0 Å². The minimum Gasteiger partial charge on any atom is -0.480 e. The highest BCUT2D eigenvalue weighted by atomic mass is 16.4. The summed E-state index contributed by atoms with van der Waals surface area (Å²) in [6, 6.07) is -0.692. The van der Waals surface area contributed by atoms with Gasteiger partial charge in [0.05, 0.1) is 0 Å². The van der Waals surface area contributed by atoms with E-state index in [1.54, 1.807) is 0 Å². The van der Waals surface area contributed by atoms with Crippen molar-refractivity contribution in [1.82, 2.24) is 0 Å². The lowest BCUT2D eigenvalue weighted by Gasteiger charge is -2.20. The Morgan fingerprint density at radius 3 is 2.92 bits per heavy atom. The van der Waals surface area contributed by atoms with Gasteiger partial charge >= 0.3 is 5.97 Å². The molecule has 0 saturated carbocycles. The molecule has 1 aliphatic carbocycles. The summed E-state index contributed by atoms with van der Waals surface area (Å²) in [4.78, 5) is 10.6. The summed E-state index contributed by atoms with van der Waals surface area (Å²) >= 11 is 0. The number of aliphatic carboxylic acids is 1. The van der Waals surface area contributed by atoms with E-state index in [2.05, 4.69) is 12.2 Å². The Labute approximate surface area is 78.6 Å². The first-order valence-corrected chi connectivity index (χ1v) is 4.85. The van der Waals surface area contributed by atoms with Crippen LogP contribution in [0.1, 0.15) is 32.1 Å². The smallest absolute Gasteiger partial charge is 0.320 e. The molecule has 1 aliphatic rings. The number of allylic oxidation sites excluding steroid dienone is 2. The highest BCUT2D eigenvalue weighted by molar-refractivity contribution is 5.73. The predicted octanol–water partition coefficient (Wildman–Crippen LogP) is 1.53. The normalized spacial score (nSPS) is 28.5. The Morgan fingerprint density at radius 1 is 1.46 bits per heavy atom. The summed E-state index contributed by atoms with van der Waals surface area (Å²) in [5, 5.41) is 8.75. The van der Waals surface area contributed by atoms with Crippen molar-refractivity contribution in [2.75, 3.05) is 0 Å². The topological polar surface area (TPSA) is 63.3 Å². The van der Waals surface area contributed by atoms with Gasteiger partial charge in [-0.05, 0) is 31.6 Å². The molecule has 0 bridgehead atoms. The Balaban J connectivity index is 2.51.